The largest absolute Gasteiger partial charge is 0.478 e. The van der Waals surface area contributed by atoms with Crippen LogP contribution in [-0.4, -0.2) is 21.1 Å². The molecule has 2 aromatic rings. The summed E-state index contributed by atoms with van der Waals surface area (Å²) in [5.41, 5.74) is 1.81. The van der Waals surface area contributed by atoms with Crippen molar-refractivity contribution in [1.29, 1.82) is 0 Å². The summed E-state index contributed by atoms with van der Waals surface area (Å²) in [5.74, 6) is -1.11. The van der Waals surface area contributed by atoms with Gasteiger partial charge in [-0.3, -0.25) is 10.1 Å². The quantitative estimate of drug-likeness (QED) is 0.558. The minimum atomic E-state index is -1.11. The molecule has 0 heterocycles. The van der Waals surface area contributed by atoms with Crippen LogP contribution in [0, 0.1) is 10.1 Å². The third kappa shape index (κ3) is 4.04. The van der Waals surface area contributed by atoms with Crippen LogP contribution in [0.15, 0.2) is 42.5 Å². The van der Waals surface area contributed by atoms with Crippen LogP contribution >= 0.6 is 0 Å². The Morgan fingerprint density at radius 3 is 2.43 bits per heavy atom. The Bertz CT molecular complexity index is 726. The number of hydrogen-bond acceptors (Lipinski definition) is 5. The van der Waals surface area contributed by atoms with Gasteiger partial charge in [-0.25, -0.2) is 4.79 Å². The molecule has 23 heavy (non-hydrogen) atoms. The van der Waals surface area contributed by atoms with Gasteiger partial charge in [0.25, 0.3) is 5.69 Å². The van der Waals surface area contributed by atoms with E-state index < -0.39 is 17.0 Å². The summed E-state index contributed by atoms with van der Waals surface area (Å²) in [6.45, 7) is 1.90. The molecule has 0 spiro atoms. The van der Waals surface area contributed by atoms with Gasteiger partial charge in [0.2, 0.25) is 0 Å². The highest BCUT2D eigenvalue weighted by atomic mass is 16.6. The number of nitro benzene ring substituents is 1. The van der Waals surface area contributed by atoms with Gasteiger partial charge in [-0.15, -0.1) is 0 Å². The topological polar surface area (TPSA) is 113 Å². The zero-order valence-electron chi connectivity index (χ0n) is 12.4. The molecule has 0 aliphatic rings. The van der Waals surface area contributed by atoms with E-state index in [1.54, 1.807) is 24.3 Å². The van der Waals surface area contributed by atoms with E-state index in [1.807, 2.05) is 0 Å². The fourth-order valence-corrected chi connectivity index (χ4v) is 2.16. The molecule has 0 fully saturated rings. The third-order valence-corrected chi connectivity index (χ3v) is 3.38. The number of carboxylic acids is 1. The average molecular weight is 316 g/mol. The van der Waals surface area contributed by atoms with E-state index in [0.29, 0.717) is 17.8 Å². The maximum Gasteiger partial charge on any atom is 0.336 e. The van der Waals surface area contributed by atoms with Gasteiger partial charge in [0.05, 0.1) is 16.6 Å². The molecule has 0 aromatic heterocycles. The second-order valence-electron chi connectivity index (χ2n) is 5.06. The summed E-state index contributed by atoms with van der Waals surface area (Å²) in [6.07, 6.45) is -0.871. The number of non-ortho nitro benzene ring substituents is 1. The number of aromatic carboxylic acids is 1. The van der Waals surface area contributed by atoms with Crippen molar-refractivity contribution in [3.8, 4) is 0 Å². The standard InChI is InChI=1S/C16H16N2O5/c1-10(19)14-7-4-12(8-15(14)16(20)21)17-9-11-2-5-13(6-3-11)18(22)23/h2-8,10,17,19H,9H2,1H3,(H,20,21). The lowest BCUT2D eigenvalue weighted by Crippen LogP contribution is -2.07. The highest BCUT2D eigenvalue weighted by Gasteiger charge is 2.14. The second-order valence-corrected chi connectivity index (χ2v) is 5.06. The van der Waals surface area contributed by atoms with E-state index in [-0.39, 0.29) is 11.3 Å². The summed E-state index contributed by atoms with van der Waals surface area (Å²) in [7, 11) is 0. The highest BCUT2D eigenvalue weighted by molar-refractivity contribution is 5.90. The molecule has 0 saturated carbocycles. The Balaban J connectivity index is 2.12. The first-order valence-corrected chi connectivity index (χ1v) is 6.91. The molecule has 3 N–H and O–H groups in total. The van der Waals surface area contributed by atoms with Crippen molar-refractivity contribution >= 4 is 17.3 Å². The first-order valence-electron chi connectivity index (χ1n) is 6.91. The van der Waals surface area contributed by atoms with Crippen molar-refractivity contribution < 1.29 is 19.9 Å². The Kier molecular flexibility index (Phi) is 4.92. The number of aliphatic hydroxyl groups excluding tert-OH is 1. The lowest BCUT2D eigenvalue weighted by atomic mass is 10.0. The zero-order valence-corrected chi connectivity index (χ0v) is 12.4. The van der Waals surface area contributed by atoms with E-state index in [4.69, 9.17) is 0 Å². The molecular weight excluding hydrogens is 300 g/mol. The molecular formula is C16H16N2O5. The Hall–Kier alpha value is -2.93. The van der Waals surface area contributed by atoms with Crippen LogP contribution in [0.4, 0.5) is 11.4 Å². The number of rotatable bonds is 6. The Morgan fingerprint density at radius 1 is 1.26 bits per heavy atom. The number of anilines is 1. The number of carboxylic acid groups (broad SMARTS) is 1. The van der Waals surface area contributed by atoms with Crippen LogP contribution in [-0.2, 0) is 6.54 Å². The number of hydrogen-bond donors (Lipinski definition) is 3. The number of nitrogens with one attached hydrogen (secondary N) is 1. The Labute approximate surface area is 132 Å². The molecule has 2 aromatic carbocycles. The van der Waals surface area contributed by atoms with E-state index in [2.05, 4.69) is 5.32 Å². The summed E-state index contributed by atoms with van der Waals surface area (Å²) in [6, 6.07) is 10.8. The fourth-order valence-electron chi connectivity index (χ4n) is 2.16. The van der Waals surface area contributed by atoms with Crippen molar-refractivity contribution in [3.05, 3.63) is 69.3 Å². The maximum absolute atomic E-state index is 11.3. The molecule has 0 radical (unpaired) electrons. The van der Waals surface area contributed by atoms with Crippen LogP contribution in [0.2, 0.25) is 0 Å². The first kappa shape index (κ1) is 16.4. The van der Waals surface area contributed by atoms with Crippen LogP contribution < -0.4 is 5.32 Å². The second kappa shape index (κ2) is 6.89. The number of carbonyl (C=O) groups is 1. The molecule has 2 rings (SSSR count). The molecule has 7 heteroatoms. The molecule has 120 valence electrons. The molecule has 1 unspecified atom stereocenters. The molecule has 0 bridgehead atoms. The minimum Gasteiger partial charge on any atom is -0.478 e. The monoisotopic (exact) mass is 316 g/mol. The number of aliphatic hydroxyl groups is 1. The predicted molar refractivity (Wildman–Crippen MR) is 84.5 cm³/mol. The summed E-state index contributed by atoms with van der Waals surface area (Å²) in [5, 5.41) is 32.4. The van der Waals surface area contributed by atoms with E-state index in [1.165, 1.54) is 25.1 Å². The highest BCUT2D eigenvalue weighted by Crippen LogP contribution is 2.22. The van der Waals surface area contributed by atoms with Crippen molar-refractivity contribution in [2.45, 2.75) is 19.6 Å². The van der Waals surface area contributed by atoms with Crippen LogP contribution in [0.5, 0.6) is 0 Å². The first-order chi connectivity index (χ1) is 10.9. The zero-order chi connectivity index (χ0) is 17.0. The summed E-state index contributed by atoms with van der Waals surface area (Å²) in [4.78, 5) is 21.4. The molecule has 0 aliphatic heterocycles. The summed E-state index contributed by atoms with van der Waals surface area (Å²) >= 11 is 0. The number of nitrogens with zero attached hydrogens (tertiary/aromatic N) is 1. The van der Waals surface area contributed by atoms with Gasteiger partial charge < -0.3 is 15.5 Å². The van der Waals surface area contributed by atoms with Crippen LogP contribution in [0.25, 0.3) is 0 Å². The smallest absolute Gasteiger partial charge is 0.336 e. The third-order valence-electron chi connectivity index (χ3n) is 3.38. The lowest BCUT2D eigenvalue weighted by molar-refractivity contribution is -0.384. The molecule has 0 aliphatic carbocycles. The van der Waals surface area contributed by atoms with Crippen molar-refractivity contribution in [2.24, 2.45) is 0 Å². The molecule has 1 atom stereocenters. The van der Waals surface area contributed by atoms with Crippen LogP contribution in [0.1, 0.15) is 34.5 Å². The maximum atomic E-state index is 11.3. The average Bonchev–Trinajstić information content (AvgIpc) is 2.52. The molecule has 7 nitrogen and oxygen atoms in total. The van der Waals surface area contributed by atoms with Crippen LogP contribution in [0.3, 0.4) is 0 Å². The predicted octanol–water partition coefficient (Wildman–Crippen LogP) is 2.96. The van der Waals surface area contributed by atoms with E-state index in [9.17, 15) is 25.1 Å². The lowest BCUT2D eigenvalue weighted by Gasteiger charge is -2.12. The van der Waals surface area contributed by atoms with Crippen molar-refractivity contribution in [3.63, 3.8) is 0 Å². The van der Waals surface area contributed by atoms with Gasteiger partial charge in [-0.05, 0) is 30.2 Å². The van der Waals surface area contributed by atoms with Crippen molar-refractivity contribution in [2.75, 3.05) is 5.32 Å². The number of benzene rings is 2. The Morgan fingerprint density at radius 2 is 1.91 bits per heavy atom. The van der Waals surface area contributed by atoms with E-state index in [0.717, 1.165) is 5.56 Å². The van der Waals surface area contributed by atoms with Gasteiger partial charge in [-0.1, -0.05) is 18.2 Å². The van der Waals surface area contributed by atoms with Gasteiger partial charge in [-0.2, -0.15) is 0 Å². The van der Waals surface area contributed by atoms with Crippen molar-refractivity contribution in [1.82, 2.24) is 0 Å². The van der Waals surface area contributed by atoms with Gasteiger partial charge in [0, 0.05) is 24.4 Å². The molecule has 0 saturated heterocycles. The SMILES string of the molecule is CC(O)c1ccc(NCc2ccc([N+](=O)[O-])cc2)cc1C(=O)O. The van der Waals surface area contributed by atoms with Gasteiger partial charge in [0.1, 0.15) is 0 Å². The van der Waals surface area contributed by atoms with Gasteiger partial charge >= 0.3 is 5.97 Å². The van der Waals surface area contributed by atoms with Gasteiger partial charge in [0.15, 0.2) is 0 Å². The minimum absolute atomic E-state index is 0.0169. The number of nitro groups is 1. The fraction of sp³-hybridized carbons (Fsp3) is 0.188. The summed E-state index contributed by atoms with van der Waals surface area (Å²) < 4.78 is 0. The molecule has 0 amide bonds. The normalized spacial score (nSPS) is 11.7. The van der Waals surface area contributed by atoms with E-state index >= 15 is 0 Å².